The van der Waals surface area contributed by atoms with E-state index in [-0.39, 0.29) is 12.0 Å². The van der Waals surface area contributed by atoms with Gasteiger partial charge in [0.2, 0.25) is 0 Å². The molecule has 0 saturated heterocycles. The van der Waals surface area contributed by atoms with Crippen LogP contribution in [0.1, 0.15) is 35.3 Å². The topological polar surface area (TPSA) is 38.3 Å². The lowest BCUT2D eigenvalue weighted by Gasteiger charge is -2.14. The van der Waals surface area contributed by atoms with Crippen LogP contribution in [0.5, 0.6) is 5.75 Å². The number of rotatable bonds is 8. The monoisotopic (exact) mass is 343 g/mol. The molecule has 2 rings (SSSR count). The average molecular weight is 343 g/mol. The van der Waals surface area contributed by atoms with Gasteiger partial charge in [0.1, 0.15) is 5.75 Å². The van der Waals surface area contributed by atoms with Gasteiger partial charge < -0.3 is 10.1 Å². The Hall–Kier alpha value is -1.94. The molecular formula is C20H25NO2S. The molecule has 0 aliphatic rings. The quantitative estimate of drug-likeness (QED) is 0.720. The van der Waals surface area contributed by atoms with Gasteiger partial charge in [-0.05, 0) is 38.5 Å². The summed E-state index contributed by atoms with van der Waals surface area (Å²) in [5.41, 5.74) is 3.19. The van der Waals surface area contributed by atoms with Crippen molar-refractivity contribution in [2.75, 3.05) is 12.3 Å². The molecule has 4 heteroatoms. The highest BCUT2D eigenvalue weighted by Crippen LogP contribution is 2.19. The van der Waals surface area contributed by atoms with Gasteiger partial charge >= 0.3 is 0 Å². The standard InChI is InChI=1S/C20H25NO2S/c1-15(2)23-19-10-5-4-9-18(19)20(22)21-11-12-24-14-17-8-6-7-16(3)13-17/h4-10,13,15H,11-12,14H2,1-3H3,(H,21,22). The van der Waals surface area contributed by atoms with E-state index in [1.165, 1.54) is 11.1 Å². The van der Waals surface area contributed by atoms with E-state index >= 15 is 0 Å². The second-order valence-electron chi connectivity index (χ2n) is 5.96. The van der Waals surface area contributed by atoms with E-state index in [2.05, 4.69) is 36.5 Å². The number of hydrogen-bond acceptors (Lipinski definition) is 3. The molecule has 0 fully saturated rings. The summed E-state index contributed by atoms with van der Waals surface area (Å²) in [5.74, 6) is 2.40. The number of amides is 1. The smallest absolute Gasteiger partial charge is 0.255 e. The first-order chi connectivity index (χ1) is 11.6. The number of nitrogens with one attached hydrogen (secondary N) is 1. The first-order valence-corrected chi connectivity index (χ1v) is 9.39. The molecule has 1 N–H and O–H groups in total. The highest BCUT2D eigenvalue weighted by Gasteiger charge is 2.12. The number of para-hydroxylation sites is 1. The van der Waals surface area contributed by atoms with Gasteiger partial charge in [-0.25, -0.2) is 0 Å². The van der Waals surface area contributed by atoms with Crippen molar-refractivity contribution in [3.8, 4) is 5.75 Å². The molecule has 3 nitrogen and oxygen atoms in total. The van der Waals surface area contributed by atoms with Crippen molar-refractivity contribution in [3.05, 3.63) is 65.2 Å². The molecular weight excluding hydrogens is 318 g/mol. The van der Waals surface area contributed by atoms with Crippen LogP contribution < -0.4 is 10.1 Å². The maximum atomic E-state index is 12.3. The van der Waals surface area contributed by atoms with Crippen molar-refractivity contribution >= 4 is 17.7 Å². The zero-order chi connectivity index (χ0) is 17.4. The Morgan fingerprint density at radius 1 is 1.17 bits per heavy atom. The van der Waals surface area contributed by atoms with Crippen molar-refractivity contribution in [3.63, 3.8) is 0 Å². The SMILES string of the molecule is Cc1cccc(CSCCNC(=O)c2ccccc2OC(C)C)c1. The number of ether oxygens (including phenoxy) is 1. The van der Waals surface area contributed by atoms with E-state index < -0.39 is 0 Å². The summed E-state index contributed by atoms with van der Waals surface area (Å²) in [6.45, 7) is 6.66. The third kappa shape index (κ3) is 5.93. The molecule has 0 heterocycles. The number of aryl methyl sites for hydroxylation is 1. The Bertz CT molecular complexity index is 670. The molecule has 0 bridgehead atoms. The molecule has 0 saturated carbocycles. The van der Waals surface area contributed by atoms with Crippen LogP contribution in [0.4, 0.5) is 0 Å². The zero-order valence-electron chi connectivity index (χ0n) is 14.5. The van der Waals surface area contributed by atoms with Crippen LogP contribution in [0.25, 0.3) is 0 Å². The fourth-order valence-corrected chi connectivity index (χ4v) is 3.14. The van der Waals surface area contributed by atoms with Crippen molar-refractivity contribution in [2.24, 2.45) is 0 Å². The van der Waals surface area contributed by atoms with Crippen molar-refractivity contribution in [2.45, 2.75) is 32.6 Å². The zero-order valence-corrected chi connectivity index (χ0v) is 15.4. The molecule has 1 amide bonds. The van der Waals surface area contributed by atoms with E-state index in [0.29, 0.717) is 17.9 Å². The molecule has 0 atom stereocenters. The molecule has 0 radical (unpaired) electrons. The minimum Gasteiger partial charge on any atom is -0.490 e. The van der Waals surface area contributed by atoms with Crippen LogP contribution in [0.15, 0.2) is 48.5 Å². The van der Waals surface area contributed by atoms with Crippen molar-refractivity contribution in [1.82, 2.24) is 5.32 Å². The van der Waals surface area contributed by atoms with Gasteiger partial charge in [-0.1, -0.05) is 42.0 Å². The highest BCUT2D eigenvalue weighted by atomic mass is 32.2. The number of thioether (sulfide) groups is 1. The summed E-state index contributed by atoms with van der Waals surface area (Å²) < 4.78 is 5.70. The first kappa shape index (κ1) is 18.4. The van der Waals surface area contributed by atoms with Crippen LogP contribution in [0.3, 0.4) is 0 Å². The molecule has 0 spiro atoms. The predicted octanol–water partition coefficient (Wildman–Crippen LogP) is 4.45. The molecule has 2 aromatic carbocycles. The molecule has 128 valence electrons. The summed E-state index contributed by atoms with van der Waals surface area (Å²) in [6.07, 6.45) is 0.0452. The van der Waals surface area contributed by atoms with Crippen LogP contribution in [-0.4, -0.2) is 24.3 Å². The predicted molar refractivity (Wildman–Crippen MR) is 102 cm³/mol. The summed E-state index contributed by atoms with van der Waals surface area (Å²) in [4.78, 5) is 12.3. The number of carbonyl (C=O) groups is 1. The van der Waals surface area contributed by atoms with Gasteiger partial charge in [-0.3, -0.25) is 4.79 Å². The number of carbonyl (C=O) groups excluding carboxylic acids is 1. The molecule has 24 heavy (non-hydrogen) atoms. The summed E-state index contributed by atoms with van der Waals surface area (Å²) >= 11 is 1.82. The minimum atomic E-state index is -0.0811. The number of benzene rings is 2. The summed E-state index contributed by atoms with van der Waals surface area (Å²) in [6, 6.07) is 15.9. The maximum Gasteiger partial charge on any atom is 0.255 e. The third-order valence-electron chi connectivity index (χ3n) is 3.38. The van der Waals surface area contributed by atoms with Gasteiger partial charge in [0.25, 0.3) is 5.91 Å². The van der Waals surface area contributed by atoms with E-state index in [1.54, 1.807) is 6.07 Å². The largest absolute Gasteiger partial charge is 0.490 e. The van der Waals surface area contributed by atoms with Crippen LogP contribution in [-0.2, 0) is 5.75 Å². The van der Waals surface area contributed by atoms with Gasteiger partial charge in [0, 0.05) is 18.1 Å². The lowest BCUT2D eigenvalue weighted by atomic mass is 10.2. The lowest BCUT2D eigenvalue weighted by molar-refractivity contribution is 0.0950. The van der Waals surface area contributed by atoms with Crippen LogP contribution >= 0.6 is 11.8 Å². The molecule has 2 aromatic rings. The molecule has 0 aliphatic heterocycles. The molecule has 0 unspecified atom stereocenters. The average Bonchev–Trinajstić information content (AvgIpc) is 2.54. The fraction of sp³-hybridized carbons (Fsp3) is 0.350. The Morgan fingerprint density at radius 3 is 2.71 bits per heavy atom. The van der Waals surface area contributed by atoms with Crippen LogP contribution in [0, 0.1) is 6.92 Å². The van der Waals surface area contributed by atoms with E-state index in [4.69, 9.17) is 4.74 Å². The van der Waals surface area contributed by atoms with E-state index in [0.717, 1.165) is 11.5 Å². The highest BCUT2D eigenvalue weighted by molar-refractivity contribution is 7.98. The Labute approximate surface area is 148 Å². The summed E-state index contributed by atoms with van der Waals surface area (Å²) in [7, 11) is 0. The second kappa shape index (κ2) is 9.38. The Morgan fingerprint density at radius 2 is 1.96 bits per heavy atom. The van der Waals surface area contributed by atoms with Crippen LogP contribution in [0.2, 0.25) is 0 Å². The molecule has 0 aromatic heterocycles. The number of hydrogen-bond donors (Lipinski definition) is 1. The normalized spacial score (nSPS) is 10.7. The van der Waals surface area contributed by atoms with E-state index in [1.807, 2.05) is 43.8 Å². The van der Waals surface area contributed by atoms with Crippen molar-refractivity contribution in [1.29, 1.82) is 0 Å². The first-order valence-electron chi connectivity index (χ1n) is 8.23. The minimum absolute atomic E-state index is 0.0452. The fourth-order valence-electron chi connectivity index (χ4n) is 2.33. The van der Waals surface area contributed by atoms with Gasteiger partial charge in [-0.15, -0.1) is 0 Å². The molecule has 0 aliphatic carbocycles. The third-order valence-corrected chi connectivity index (χ3v) is 4.41. The van der Waals surface area contributed by atoms with Crippen molar-refractivity contribution < 1.29 is 9.53 Å². The summed E-state index contributed by atoms with van der Waals surface area (Å²) in [5, 5.41) is 2.97. The maximum absolute atomic E-state index is 12.3. The second-order valence-corrected chi connectivity index (χ2v) is 7.07. The van der Waals surface area contributed by atoms with Gasteiger partial charge in [0.15, 0.2) is 0 Å². The Balaban J connectivity index is 1.77. The Kier molecular flexibility index (Phi) is 7.19. The van der Waals surface area contributed by atoms with E-state index in [9.17, 15) is 4.79 Å². The lowest BCUT2D eigenvalue weighted by Crippen LogP contribution is -2.26. The van der Waals surface area contributed by atoms with Gasteiger partial charge in [-0.2, -0.15) is 11.8 Å². The van der Waals surface area contributed by atoms with Gasteiger partial charge in [0.05, 0.1) is 11.7 Å².